The zero-order valence-electron chi connectivity index (χ0n) is 10.9. The van der Waals surface area contributed by atoms with Crippen LogP contribution >= 0.6 is 0 Å². The first-order chi connectivity index (χ1) is 8.65. The predicted octanol–water partition coefficient (Wildman–Crippen LogP) is 2.38. The van der Waals surface area contributed by atoms with E-state index in [1.807, 2.05) is 31.2 Å². The fourth-order valence-corrected chi connectivity index (χ4v) is 1.58. The molecular formula is C15H19NO2. The van der Waals surface area contributed by atoms with E-state index in [1.165, 1.54) is 0 Å². The molecule has 1 aromatic carbocycles. The zero-order chi connectivity index (χ0) is 13.4. The Morgan fingerprint density at radius 1 is 1.39 bits per heavy atom. The van der Waals surface area contributed by atoms with Crippen LogP contribution in [0.15, 0.2) is 24.3 Å². The van der Waals surface area contributed by atoms with Crippen molar-refractivity contribution in [3.63, 3.8) is 0 Å². The molecule has 18 heavy (non-hydrogen) atoms. The van der Waals surface area contributed by atoms with Gasteiger partial charge in [-0.1, -0.05) is 24.3 Å². The first-order valence-electron chi connectivity index (χ1n) is 6.07. The minimum absolute atomic E-state index is 0.452. The Balaban J connectivity index is 2.44. The maximum Gasteiger partial charge on any atom is 0.310 e. The highest BCUT2D eigenvalue weighted by Crippen LogP contribution is 2.15. The maximum absolute atomic E-state index is 10.8. The monoisotopic (exact) mass is 245 g/mol. The van der Waals surface area contributed by atoms with Crippen LogP contribution in [0, 0.1) is 11.8 Å². The van der Waals surface area contributed by atoms with Gasteiger partial charge in [-0.3, -0.25) is 4.79 Å². The van der Waals surface area contributed by atoms with Crippen molar-refractivity contribution in [2.24, 2.45) is 0 Å². The Hall–Kier alpha value is -1.79. The topological polar surface area (TPSA) is 49.3 Å². The van der Waals surface area contributed by atoms with Crippen LogP contribution in [0.2, 0.25) is 0 Å². The molecule has 1 aromatic rings. The summed E-state index contributed by atoms with van der Waals surface area (Å²) < 4.78 is 0. The predicted molar refractivity (Wildman–Crippen MR) is 72.3 cm³/mol. The van der Waals surface area contributed by atoms with E-state index in [4.69, 9.17) is 5.11 Å². The third-order valence-corrected chi connectivity index (χ3v) is 2.78. The average molecular weight is 245 g/mol. The van der Waals surface area contributed by atoms with Crippen molar-refractivity contribution >= 4 is 5.97 Å². The van der Waals surface area contributed by atoms with Gasteiger partial charge >= 0.3 is 5.97 Å². The van der Waals surface area contributed by atoms with Crippen LogP contribution in [-0.4, -0.2) is 17.6 Å². The fraction of sp³-hybridized carbons (Fsp3) is 0.400. The highest BCUT2D eigenvalue weighted by molar-refractivity contribution is 5.75. The summed E-state index contributed by atoms with van der Waals surface area (Å²) in [7, 11) is 0. The Labute approximate surface area is 108 Å². The molecule has 0 amide bonds. The van der Waals surface area contributed by atoms with Crippen LogP contribution in [0.4, 0.5) is 0 Å². The molecule has 0 aliphatic carbocycles. The molecule has 0 bridgehead atoms. The van der Waals surface area contributed by atoms with Crippen LogP contribution < -0.4 is 5.32 Å². The van der Waals surface area contributed by atoms with Crippen LogP contribution in [0.25, 0.3) is 0 Å². The van der Waals surface area contributed by atoms with Gasteiger partial charge in [0.25, 0.3) is 0 Å². The van der Waals surface area contributed by atoms with Gasteiger partial charge in [0.2, 0.25) is 0 Å². The Morgan fingerprint density at radius 2 is 2.06 bits per heavy atom. The first kappa shape index (κ1) is 14.3. The van der Waals surface area contributed by atoms with Gasteiger partial charge in [-0.15, -0.1) is 11.8 Å². The minimum atomic E-state index is -0.793. The lowest BCUT2D eigenvalue weighted by Crippen LogP contribution is -2.14. The van der Waals surface area contributed by atoms with Crippen molar-refractivity contribution in [1.29, 1.82) is 0 Å². The van der Waals surface area contributed by atoms with Gasteiger partial charge in [-0.25, -0.2) is 0 Å². The second kappa shape index (κ2) is 7.52. The molecule has 1 unspecified atom stereocenters. The Morgan fingerprint density at radius 3 is 2.61 bits per heavy atom. The highest BCUT2D eigenvalue weighted by Gasteiger charge is 2.12. The molecule has 1 atom stereocenters. The van der Waals surface area contributed by atoms with Crippen LogP contribution in [0.1, 0.15) is 37.3 Å². The second-order valence-electron chi connectivity index (χ2n) is 4.16. The number of nitrogens with one attached hydrogen (secondary N) is 1. The normalized spacial score (nSPS) is 11.4. The number of rotatable bonds is 6. The van der Waals surface area contributed by atoms with Crippen molar-refractivity contribution in [2.75, 3.05) is 6.54 Å². The molecular weight excluding hydrogens is 226 g/mol. The summed E-state index contributed by atoms with van der Waals surface area (Å²) in [5.41, 5.74) is 1.99. The summed E-state index contributed by atoms with van der Waals surface area (Å²) in [6.07, 6.45) is 0.852. The molecule has 3 heteroatoms. The third-order valence-electron chi connectivity index (χ3n) is 2.78. The van der Waals surface area contributed by atoms with Gasteiger partial charge in [0.05, 0.1) is 5.92 Å². The van der Waals surface area contributed by atoms with Crippen molar-refractivity contribution in [3.05, 3.63) is 35.4 Å². The average Bonchev–Trinajstić information content (AvgIpc) is 2.38. The molecule has 96 valence electrons. The van der Waals surface area contributed by atoms with Crippen LogP contribution in [0.5, 0.6) is 0 Å². The maximum atomic E-state index is 10.8. The number of hydrogen-bond donors (Lipinski definition) is 2. The number of benzene rings is 1. The number of carboxylic acid groups (broad SMARTS) is 1. The molecule has 3 nitrogen and oxygen atoms in total. The Bertz CT molecular complexity index is 440. The SMILES string of the molecule is CC#CCCNCc1ccc(C(C)C(=O)O)cc1. The summed E-state index contributed by atoms with van der Waals surface area (Å²) in [6.45, 7) is 5.18. The van der Waals surface area contributed by atoms with E-state index in [9.17, 15) is 4.79 Å². The van der Waals surface area contributed by atoms with E-state index in [2.05, 4.69) is 17.2 Å². The van der Waals surface area contributed by atoms with Gasteiger partial charge < -0.3 is 10.4 Å². The molecule has 0 fully saturated rings. The number of hydrogen-bond acceptors (Lipinski definition) is 2. The van der Waals surface area contributed by atoms with E-state index in [-0.39, 0.29) is 0 Å². The second-order valence-corrected chi connectivity index (χ2v) is 4.16. The van der Waals surface area contributed by atoms with Crippen molar-refractivity contribution in [2.45, 2.75) is 32.7 Å². The zero-order valence-corrected chi connectivity index (χ0v) is 10.9. The minimum Gasteiger partial charge on any atom is -0.481 e. The summed E-state index contributed by atoms with van der Waals surface area (Å²) >= 11 is 0. The Kier molecular flexibility index (Phi) is 5.96. The van der Waals surface area contributed by atoms with E-state index >= 15 is 0 Å². The van der Waals surface area contributed by atoms with Gasteiger partial charge in [-0.2, -0.15) is 0 Å². The molecule has 0 heterocycles. The van der Waals surface area contributed by atoms with Gasteiger partial charge in [0, 0.05) is 19.5 Å². The summed E-state index contributed by atoms with van der Waals surface area (Å²) in [5, 5.41) is 12.2. The summed E-state index contributed by atoms with van der Waals surface area (Å²) in [6, 6.07) is 7.68. The van der Waals surface area contributed by atoms with Gasteiger partial charge in [-0.05, 0) is 25.0 Å². The van der Waals surface area contributed by atoms with E-state index in [0.29, 0.717) is 0 Å². The molecule has 0 saturated carbocycles. The van der Waals surface area contributed by atoms with E-state index in [1.54, 1.807) is 6.92 Å². The van der Waals surface area contributed by atoms with Crippen molar-refractivity contribution < 1.29 is 9.90 Å². The van der Waals surface area contributed by atoms with Gasteiger partial charge in [0.1, 0.15) is 0 Å². The lowest BCUT2D eigenvalue weighted by atomic mass is 10.0. The molecule has 0 spiro atoms. The third kappa shape index (κ3) is 4.60. The molecule has 0 aliphatic heterocycles. The standard InChI is InChI=1S/C15H19NO2/c1-3-4-5-10-16-11-13-6-8-14(9-7-13)12(2)15(17)18/h6-9,12,16H,5,10-11H2,1-2H3,(H,17,18). The fourth-order valence-electron chi connectivity index (χ4n) is 1.58. The highest BCUT2D eigenvalue weighted by atomic mass is 16.4. The molecule has 0 aromatic heterocycles. The first-order valence-corrected chi connectivity index (χ1v) is 6.07. The molecule has 1 rings (SSSR count). The largest absolute Gasteiger partial charge is 0.481 e. The number of carbonyl (C=O) groups is 1. The van der Waals surface area contributed by atoms with Crippen LogP contribution in [-0.2, 0) is 11.3 Å². The number of carboxylic acids is 1. The lowest BCUT2D eigenvalue weighted by Gasteiger charge is -2.08. The van der Waals surface area contributed by atoms with E-state index < -0.39 is 11.9 Å². The number of aliphatic carboxylic acids is 1. The summed E-state index contributed by atoms with van der Waals surface area (Å²) in [4.78, 5) is 10.8. The molecule has 0 saturated heterocycles. The molecule has 0 aliphatic rings. The van der Waals surface area contributed by atoms with Gasteiger partial charge in [0.15, 0.2) is 0 Å². The molecule has 2 N–H and O–H groups in total. The van der Waals surface area contributed by atoms with E-state index in [0.717, 1.165) is 30.6 Å². The van der Waals surface area contributed by atoms with Crippen LogP contribution in [0.3, 0.4) is 0 Å². The smallest absolute Gasteiger partial charge is 0.310 e. The van der Waals surface area contributed by atoms with Crippen molar-refractivity contribution in [1.82, 2.24) is 5.32 Å². The quantitative estimate of drug-likeness (QED) is 0.597. The lowest BCUT2D eigenvalue weighted by molar-refractivity contribution is -0.138. The van der Waals surface area contributed by atoms with Crippen molar-refractivity contribution in [3.8, 4) is 11.8 Å². The molecule has 0 radical (unpaired) electrons. The summed E-state index contributed by atoms with van der Waals surface area (Å²) in [5.74, 6) is 4.60.